The normalized spacial score (nSPS) is 12.9. The van der Waals surface area contributed by atoms with E-state index in [0.717, 1.165) is 31.0 Å². The molecule has 1 aromatic rings. The summed E-state index contributed by atoms with van der Waals surface area (Å²) in [4.78, 5) is 0. The summed E-state index contributed by atoms with van der Waals surface area (Å²) in [6.07, 6.45) is 2.24. The number of rotatable bonds is 9. The van der Waals surface area contributed by atoms with Gasteiger partial charge in [0.05, 0.1) is 0 Å². The smallest absolute Gasteiger partial charge is 0.0470 e. The van der Waals surface area contributed by atoms with Gasteiger partial charge in [-0.25, -0.2) is 0 Å². The Balaban J connectivity index is 2.33. The number of thioether (sulfide) groups is 1. The van der Waals surface area contributed by atoms with Crippen LogP contribution in [0.25, 0.3) is 0 Å². The number of hydrogen-bond acceptors (Lipinski definition) is 3. The molecule has 1 atom stereocenters. The van der Waals surface area contributed by atoms with Crippen LogP contribution in [0.1, 0.15) is 37.4 Å². The molecule has 1 unspecified atom stereocenters. The maximum atomic E-state index is 6.21. The van der Waals surface area contributed by atoms with Crippen molar-refractivity contribution in [1.29, 1.82) is 0 Å². The molecule has 3 heteroatoms. The lowest BCUT2D eigenvalue weighted by Crippen LogP contribution is -2.13. The van der Waals surface area contributed by atoms with Gasteiger partial charge in [0.25, 0.3) is 0 Å². The molecule has 0 aliphatic carbocycles. The number of benzene rings is 1. The van der Waals surface area contributed by atoms with Crippen molar-refractivity contribution in [2.75, 3.05) is 25.2 Å². The molecule has 0 spiro atoms. The van der Waals surface area contributed by atoms with Crippen LogP contribution in [0.3, 0.4) is 0 Å². The van der Waals surface area contributed by atoms with Gasteiger partial charge in [-0.1, -0.05) is 38.1 Å². The molecule has 0 saturated heterocycles. The third-order valence-corrected chi connectivity index (χ3v) is 4.16. The van der Waals surface area contributed by atoms with E-state index in [0.29, 0.717) is 5.92 Å². The summed E-state index contributed by atoms with van der Waals surface area (Å²) in [5.41, 5.74) is 8.85. The van der Waals surface area contributed by atoms with E-state index in [-0.39, 0.29) is 6.04 Å². The van der Waals surface area contributed by atoms with Crippen LogP contribution in [-0.2, 0) is 11.2 Å². The van der Waals surface area contributed by atoms with Crippen LogP contribution in [0, 0.1) is 5.92 Å². The van der Waals surface area contributed by atoms with E-state index in [4.69, 9.17) is 10.5 Å². The minimum absolute atomic E-state index is 0.139. The largest absolute Gasteiger partial charge is 0.385 e. The zero-order chi connectivity index (χ0) is 14.1. The summed E-state index contributed by atoms with van der Waals surface area (Å²) in [5, 5.41) is 0. The van der Waals surface area contributed by atoms with Crippen LogP contribution >= 0.6 is 11.8 Å². The Morgan fingerprint density at radius 1 is 1.21 bits per heavy atom. The molecular formula is C16H27NOS. The first kappa shape index (κ1) is 16.5. The van der Waals surface area contributed by atoms with Crippen LogP contribution in [0.2, 0.25) is 0 Å². The topological polar surface area (TPSA) is 35.2 Å². The maximum absolute atomic E-state index is 6.21. The van der Waals surface area contributed by atoms with E-state index in [1.165, 1.54) is 11.1 Å². The van der Waals surface area contributed by atoms with Crippen molar-refractivity contribution in [2.45, 2.75) is 32.7 Å². The molecule has 2 N–H and O–H groups in total. The molecule has 1 aromatic carbocycles. The quantitative estimate of drug-likeness (QED) is 0.702. The van der Waals surface area contributed by atoms with Gasteiger partial charge in [0.2, 0.25) is 0 Å². The van der Waals surface area contributed by atoms with Gasteiger partial charge in [-0.15, -0.1) is 0 Å². The second-order valence-electron chi connectivity index (χ2n) is 5.37. The van der Waals surface area contributed by atoms with Crippen molar-refractivity contribution in [3.05, 3.63) is 35.4 Å². The van der Waals surface area contributed by atoms with Gasteiger partial charge in [0.1, 0.15) is 0 Å². The highest BCUT2D eigenvalue weighted by Crippen LogP contribution is 2.18. The van der Waals surface area contributed by atoms with Crippen molar-refractivity contribution >= 4 is 11.8 Å². The SMILES string of the molecule is COCCCSCC(N)c1ccc(CC(C)C)cc1. The second kappa shape index (κ2) is 9.40. The van der Waals surface area contributed by atoms with E-state index in [2.05, 4.69) is 38.1 Å². The fourth-order valence-electron chi connectivity index (χ4n) is 1.98. The zero-order valence-electron chi connectivity index (χ0n) is 12.4. The second-order valence-corrected chi connectivity index (χ2v) is 6.52. The molecule has 0 radical (unpaired) electrons. The summed E-state index contributed by atoms with van der Waals surface area (Å²) in [6.45, 7) is 5.33. The van der Waals surface area contributed by atoms with E-state index in [1.807, 2.05) is 11.8 Å². The Hall–Kier alpha value is -0.510. The Morgan fingerprint density at radius 3 is 2.47 bits per heavy atom. The number of hydrogen-bond donors (Lipinski definition) is 1. The number of methoxy groups -OCH3 is 1. The minimum Gasteiger partial charge on any atom is -0.385 e. The molecule has 0 bridgehead atoms. The highest BCUT2D eigenvalue weighted by atomic mass is 32.2. The van der Waals surface area contributed by atoms with Gasteiger partial charge in [-0.2, -0.15) is 11.8 Å². The van der Waals surface area contributed by atoms with E-state index in [9.17, 15) is 0 Å². The van der Waals surface area contributed by atoms with Crippen LogP contribution in [-0.4, -0.2) is 25.2 Å². The molecule has 1 rings (SSSR count). The first-order chi connectivity index (χ1) is 9.13. The highest BCUT2D eigenvalue weighted by Gasteiger charge is 2.06. The van der Waals surface area contributed by atoms with Crippen LogP contribution < -0.4 is 5.73 Å². The molecule has 0 saturated carbocycles. The third kappa shape index (κ3) is 7.00. The maximum Gasteiger partial charge on any atom is 0.0470 e. The molecule has 0 aromatic heterocycles. The van der Waals surface area contributed by atoms with Crippen molar-refractivity contribution in [3.8, 4) is 0 Å². The minimum atomic E-state index is 0.139. The van der Waals surface area contributed by atoms with Gasteiger partial charge < -0.3 is 10.5 Å². The van der Waals surface area contributed by atoms with Crippen LogP contribution in [0.4, 0.5) is 0 Å². The highest BCUT2D eigenvalue weighted by molar-refractivity contribution is 7.99. The molecule has 0 aliphatic rings. The van der Waals surface area contributed by atoms with Gasteiger partial charge in [0, 0.05) is 25.5 Å². The average molecular weight is 281 g/mol. The van der Waals surface area contributed by atoms with E-state index >= 15 is 0 Å². The summed E-state index contributed by atoms with van der Waals surface area (Å²) in [5.74, 6) is 2.80. The van der Waals surface area contributed by atoms with Crippen molar-refractivity contribution in [3.63, 3.8) is 0 Å². The number of nitrogens with two attached hydrogens (primary N) is 1. The van der Waals surface area contributed by atoms with Crippen molar-refractivity contribution < 1.29 is 4.74 Å². The van der Waals surface area contributed by atoms with Crippen molar-refractivity contribution in [1.82, 2.24) is 0 Å². The lowest BCUT2D eigenvalue weighted by Gasteiger charge is -2.13. The van der Waals surface area contributed by atoms with Gasteiger partial charge in [-0.05, 0) is 35.6 Å². The Morgan fingerprint density at radius 2 is 1.89 bits per heavy atom. The van der Waals surface area contributed by atoms with E-state index in [1.54, 1.807) is 7.11 Å². The predicted molar refractivity (Wildman–Crippen MR) is 85.7 cm³/mol. The molecule has 0 amide bonds. The molecule has 0 heterocycles. The van der Waals surface area contributed by atoms with Crippen molar-refractivity contribution in [2.24, 2.45) is 11.7 Å². The Labute approximate surface area is 122 Å². The molecule has 0 fully saturated rings. The molecule has 0 aliphatic heterocycles. The molecule has 2 nitrogen and oxygen atoms in total. The molecule has 108 valence electrons. The lowest BCUT2D eigenvalue weighted by molar-refractivity contribution is 0.200. The summed E-state index contributed by atoms with van der Waals surface area (Å²) >= 11 is 1.91. The Bertz CT molecular complexity index is 337. The van der Waals surface area contributed by atoms with Gasteiger partial charge in [-0.3, -0.25) is 0 Å². The number of ether oxygens (including phenoxy) is 1. The average Bonchev–Trinajstić information content (AvgIpc) is 2.38. The molecular weight excluding hydrogens is 254 g/mol. The zero-order valence-corrected chi connectivity index (χ0v) is 13.2. The lowest BCUT2D eigenvalue weighted by atomic mass is 10.0. The predicted octanol–water partition coefficient (Wildman–Crippen LogP) is 3.65. The summed E-state index contributed by atoms with van der Waals surface area (Å²) in [6, 6.07) is 8.92. The summed E-state index contributed by atoms with van der Waals surface area (Å²) in [7, 11) is 1.75. The summed E-state index contributed by atoms with van der Waals surface area (Å²) < 4.78 is 5.03. The fraction of sp³-hybridized carbons (Fsp3) is 0.625. The van der Waals surface area contributed by atoms with Crippen LogP contribution in [0.15, 0.2) is 24.3 Å². The monoisotopic (exact) mass is 281 g/mol. The van der Waals surface area contributed by atoms with Gasteiger partial charge in [0.15, 0.2) is 0 Å². The van der Waals surface area contributed by atoms with Gasteiger partial charge >= 0.3 is 0 Å². The van der Waals surface area contributed by atoms with E-state index < -0.39 is 0 Å². The first-order valence-corrected chi connectivity index (χ1v) is 8.20. The fourth-order valence-corrected chi connectivity index (χ4v) is 2.92. The third-order valence-electron chi connectivity index (χ3n) is 2.99. The molecule has 19 heavy (non-hydrogen) atoms. The standard InChI is InChI=1S/C16H27NOS/c1-13(2)11-14-5-7-15(8-6-14)16(17)12-19-10-4-9-18-3/h5-8,13,16H,4,9-12,17H2,1-3H3. The first-order valence-electron chi connectivity index (χ1n) is 7.04. The Kier molecular flexibility index (Phi) is 8.19. The van der Waals surface area contributed by atoms with Crippen LogP contribution in [0.5, 0.6) is 0 Å².